The second kappa shape index (κ2) is 5.88. The van der Waals surface area contributed by atoms with E-state index in [1.807, 2.05) is 49.5 Å². The molecule has 3 aromatic rings. The molecule has 3 nitrogen and oxygen atoms in total. The van der Waals surface area contributed by atoms with E-state index >= 15 is 0 Å². The van der Waals surface area contributed by atoms with Crippen molar-refractivity contribution in [2.24, 2.45) is 0 Å². The molecule has 0 saturated heterocycles. The van der Waals surface area contributed by atoms with Crippen LogP contribution >= 0.6 is 11.6 Å². The molecule has 0 saturated carbocycles. The van der Waals surface area contributed by atoms with Gasteiger partial charge in [-0.1, -0.05) is 35.9 Å². The maximum atomic E-state index is 6.25. The summed E-state index contributed by atoms with van der Waals surface area (Å²) in [6, 6.07) is 14.2. The smallest absolute Gasteiger partial charge is 0.137 e. The number of halogens is 1. The molecule has 0 fully saturated rings. The van der Waals surface area contributed by atoms with E-state index in [9.17, 15) is 0 Å². The molecular formula is C17H18ClN3. The molecule has 0 radical (unpaired) electrons. The highest BCUT2D eigenvalue weighted by Gasteiger charge is 2.12. The van der Waals surface area contributed by atoms with Gasteiger partial charge in [-0.3, -0.25) is 0 Å². The number of hydrogen-bond acceptors (Lipinski definition) is 2. The van der Waals surface area contributed by atoms with Crippen LogP contribution in [0.3, 0.4) is 0 Å². The monoisotopic (exact) mass is 299 g/mol. The minimum absolute atomic E-state index is 0.187. The Balaban J connectivity index is 1.81. The minimum Gasteiger partial charge on any atom is -0.305 e. The lowest BCUT2D eigenvalue weighted by atomic mass is 10.1. The molecule has 1 atom stereocenters. The summed E-state index contributed by atoms with van der Waals surface area (Å²) in [7, 11) is 0. The SMILES string of the molecule is Cc1nc2ccccn2c1CNC(C)c1ccccc1Cl. The molecule has 3 rings (SSSR count). The van der Waals surface area contributed by atoms with Gasteiger partial charge in [0.05, 0.1) is 11.4 Å². The Hall–Kier alpha value is -1.84. The summed E-state index contributed by atoms with van der Waals surface area (Å²) < 4.78 is 2.13. The molecule has 1 aromatic carbocycles. The highest BCUT2D eigenvalue weighted by atomic mass is 35.5. The first kappa shape index (κ1) is 14.1. The number of aromatic nitrogens is 2. The van der Waals surface area contributed by atoms with Crippen LogP contribution in [0.4, 0.5) is 0 Å². The van der Waals surface area contributed by atoms with Crippen LogP contribution in [0.5, 0.6) is 0 Å². The Morgan fingerprint density at radius 3 is 2.76 bits per heavy atom. The van der Waals surface area contributed by atoms with Crippen molar-refractivity contribution in [3.8, 4) is 0 Å². The van der Waals surface area contributed by atoms with Crippen molar-refractivity contribution in [2.45, 2.75) is 26.4 Å². The summed E-state index contributed by atoms with van der Waals surface area (Å²) in [6.45, 7) is 4.92. The van der Waals surface area contributed by atoms with E-state index in [1.54, 1.807) is 0 Å². The minimum atomic E-state index is 0.187. The Morgan fingerprint density at radius 2 is 1.95 bits per heavy atom. The van der Waals surface area contributed by atoms with Crippen molar-refractivity contribution in [2.75, 3.05) is 0 Å². The van der Waals surface area contributed by atoms with E-state index in [0.29, 0.717) is 0 Å². The molecule has 0 amide bonds. The van der Waals surface area contributed by atoms with E-state index in [2.05, 4.69) is 27.7 Å². The quantitative estimate of drug-likeness (QED) is 0.784. The van der Waals surface area contributed by atoms with Crippen molar-refractivity contribution >= 4 is 17.2 Å². The van der Waals surface area contributed by atoms with Crippen LogP contribution in [0.1, 0.15) is 29.9 Å². The molecule has 1 unspecified atom stereocenters. The Kier molecular flexibility index (Phi) is 3.95. The predicted octanol–water partition coefficient (Wildman–Crippen LogP) is 4.15. The molecule has 108 valence electrons. The van der Waals surface area contributed by atoms with Crippen LogP contribution in [0, 0.1) is 6.92 Å². The van der Waals surface area contributed by atoms with Gasteiger partial charge in [-0.05, 0) is 37.6 Å². The fraction of sp³-hybridized carbons (Fsp3) is 0.235. The summed E-state index contributed by atoms with van der Waals surface area (Å²) in [4.78, 5) is 4.58. The van der Waals surface area contributed by atoms with Gasteiger partial charge in [-0.15, -0.1) is 0 Å². The first-order chi connectivity index (χ1) is 10.2. The molecule has 2 aromatic heterocycles. The first-order valence-electron chi connectivity index (χ1n) is 7.07. The zero-order valence-electron chi connectivity index (χ0n) is 12.2. The Bertz CT molecular complexity index is 764. The van der Waals surface area contributed by atoms with Crippen molar-refractivity contribution < 1.29 is 0 Å². The van der Waals surface area contributed by atoms with Gasteiger partial charge >= 0.3 is 0 Å². The summed E-state index contributed by atoms with van der Waals surface area (Å²) in [5.41, 5.74) is 4.34. The third kappa shape index (κ3) is 2.80. The number of hydrogen-bond donors (Lipinski definition) is 1. The summed E-state index contributed by atoms with van der Waals surface area (Å²) >= 11 is 6.25. The first-order valence-corrected chi connectivity index (χ1v) is 7.45. The average molecular weight is 300 g/mol. The third-order valence-corrected chi connectivity index (χ3v) is 4.12. The highest BCUT2D eigenvalue weighted by molar-refractivity contribution is 6.31. The molecule has 0 aliphatic carbocycles. The van der Waals surface area contributed by atoms with Crippen LogP contribution in [-0.2, 0) is 6.54 Å². The van der Waals surface area contributed by atoms with Crippen LogP contribution < -0.4 is 5.32 Å². The fourth-order valence-corrected chi connectivity index (χ4v) is 2.86. The second-order valence-electron chi connectivity index (χ2n) is 5.20. The van der Waals surface area contributed by atoms with Gasteiger partial charge in [0.2, 0.25) is 0 Å². The second-order valence-corrected chi connectivity index (χ2v) is 5.60. The molecule has 0 aliphatic rings. The van der Waals surface area contributed by atoms with Crippen LogP contribution in [0.25, 0.3) is 5.65 Å². The van der Waals surface area contributed by atoms with Gasteiger partial charge in [0.25, 0.3) is 0 Å². The summed E-state index contributed by atoms with van der Waals surface area (Å²) in [5.74, 6) is 0. The summed E-state index contributed by atoms with van der Waals surface area (Å²) in [5, 5.41) is 4.33. The van der Waals surface area contributed by atoms with Crippen molar-refractivity contribution in [3.05, 3.63) is 70.6 Å². The van der Waals surface area contributed by atoms with Crippen molar-refractivity contribution in [3.63, 3.8) is 0 Å². The Labute approximate surface area is 129 Å². The van der Waals surface area contributed by atoms with E-state index in [1.165, 1.54) is 5.69 Å². The number of aryl methyl sites for hydroxylation is 1. The third-order valence-electron chi connectivity index (χ3n) is 3.78. The summed E-state index contributed by atoms with van der Waals surface area (Å²) in [6.07, 6.45) is 2.05. The fourth-order valence-electron chi connectivity index (χ4n) is 2.56. The van der Waals surface area contributed by atoms with E-state index < -0.39 is 0 Å². The molecule has 0 bridgehead atoms. The van der Waals surface area contributed by atoms with E-state index in [0.717, 1.165) is 28.5 Å². The molecule has 0 spiro atoms. The topological polar surface area (TPSA) is 29.3 Å². The van der Waals surface area contributed by atoms with E-state index in [-0.39, 0.29) is 6.04 Å². The molecule has 1 N–H and O–H groups in total. The number of imidazole rings is 1. The number of benzene rings is 1. The van der Waals surface area contributed by atoms with Crippen molar-refractivity contribution in [1.29, 1.82) is 0 Å². The van der Waals surface area contributed by atoms with Crippen LogP contribution in [0.15, 0.2) is 48.7 Å². The van der Waals surface area contributed by atoms with Gasteiger partial charge in [0.1, 0.15) is 5.65 Å². The zero-order valence-corrected chi connectivity index (χ0v) is 12.9. The molecule has 0 aliphatic heterocycles. The van der Waals surface area contributed by atoms with Gasteiger partial charge in [0.15, 0.2) is 0 Å². The van der Waals surface area contributed by atoms with E-state index in [4.69, 9.17) is 11.6 Å². The Morgan fingerprint density at radius 1 is 1.19 bits per heavy atom. The number of pyridine rings is 1. The normalized spacial score (nSPS) is 12.7. The predicted molar refractivity (Wildman–Crippen MR) is 86.6 cm³/mol. The van der Waals surface area contributed by atoms with Crippen LogP contribution in [-0.4, -0.2) is 9.38 Å². The molecule has 4 heteroatoms. The number of rotatable bonds is 4. The maximum absolute atomic E-state index is 6.25. The highest BCUT2D eigenvalue weighted by Crippen LogP contribution is 2.22. The van der Waals surface area contributed by atoms with Gasteiger partial charge in [-0.25, -0.2) is 4.98 Å². The van der Waals surface area contributed by atoms with Gasteiger partial charge in [0, 0.05) is 23.8 Å². The zero-order chi connectivity index (χ0) is 14.8. The molecular weight excluding hydrogens is 282 g/mol. The number of nitrogens with zero attached hydrogens (tertiary/aromatic N) is 2. The average Bonchev–Trinajstić information content (AvgIpc) is 2.81. The standard InChI is InChI=1S/C17H18ClN3/c1-12(14-7-3-4-8-15(14)18)19-11-16-13(2)20-17-9-5-6-10-21(16)17/h3-10,12,19H,11H2,1-2H3. The lowest BCUT2D eigenvalue weighted by molar-refractivity contribution is 0.564. The van der Waals surface area contributed by atoms with Crippen molar-refractivity contribution in [1.82, 2.24) is 14.7 Å². The number of nitrogens with one attached hydrogen (secondary N) is 1. The lowest BCUT2D eigenvalue weighted by Crippen LogP contribution is -2.19. The number of fused-ring (bicyclic) bond motifs is 1. The largest absolute Gasteiger partial charge is 0.305 e. The van der Waals surface area contributed by atoms with Gasteiger partial charge < -0.3 is 9.72 Å². The lowest BCUT2D eigenvalue weighted by Gasteiger charge is -2.16. The molecule has 2 heterocycles. The van der Waals surface area contributed by atoms with Gasteiger partial charge in [-0.2, -0.15) is 0 Å². The maximum Gasteiger partial charge on any atom is 0.137 e. The molecule has 21 heavy (non-hydrogen) atoms. The van der Waals surface area contributed by atoms with Crippen LogP contribution in [0.2, 0.25) is 5.02 Å².